The summed E-state index contributed by atoms with van der Waals surface area (Å²) in [5.74, 6) is 0.741. The minimum atomic E-state index is 0.741. The lowest BCUT2D eigenvalue weighted by atomic mass is 10.1. The summed E-state index contributed by atoms with van der Waals surface area (Å²) >= 11 is 4.58. The first-order valence-corrected chi connectivity index (χ1v) is 7.73. The number of aryl methyl sites for hydroxylation is 1. The van der Waals surface area contributed by atoms with Crippen LogP contribution in [0.2, 0.25) is 0 Å². The zero-order chi connectivity index (χ0) is 14.9. The highest BCUT2D eigenvalue weighted by Gasteiger charge is 2.02. The largest absolute Gasteiger partial charge is 0.236 e. The number of hydrogen-bond acceptors (Lipinski definition) is 4. The van der Waals surface area contributed by atoms with Crippen LogP contribution in [0.1, 0.15) is 38.2 Å². The van der Waals surface area contributed by atoms with Crippen molar-refractivity contribution in [2.45, 2.75) is 39.0 Å². The van der Waals surface area contributed by atoms with Gasteiger partial charge in [-0.15, -0.1) is 0 Å². The maximum atomic E-state index is 4.58. The minimum Gasteiger partial charge on any atom is -0.236 e. The van der Waals surface area contributed by atoms with Crippen molar-refractivity contribution in [1.82, 2.24) is 9.97 Å². The zero-order valence-electron chi connectivity index (χ0n) is 12.2. The van der Waals surface area contributed by atoms with Gasteiger partial charge in [0.2, 0.25) is 0 Å². The number of unbranched alkanes of at least 4 members (excludes halogenated alkanes) is 3. The Morgan fingerprint density at radius 1 is 1.05 bits per heavy atom. The van der Waals surface area contributed by atoms with E-state index in [4.69, 9.17) is 0 Å². The fourth-order valence-electron chi connectivity index (χ4n) is 2.13. The quantitative estimate of drug-likeness (QED) is 0.410. The smallest absolute Gasteiger partial charge is 0.159 e. The topological polar surface area (TPSA) is 38.1 Å². The predicted octanol–water partition coefficient (Wildman–Crippen LogP) is 5.00. The van der Waals surface area contributed by atoms with Gasteiger partial charge in [-0.3, -0.25) is 0 Å². The molecule has 0 saturated heterocycles. The molecule has 0 aliphatic heterocycles. The van der Waals surface area contributed by atoms with Crippen LogP contribution >= 0.6 is 12.2 Å². The lowest BCUT2D eigenvalue weighted by Gasteiger charge is -2.03. The van der Waals surface area contributed by atoms with Gasteiger partial charge in [0.1, 0.15) is 0 Å². The van der Waals surface area contributed by atoms with Gasteiger partial charge >= 0.3 is 0 Å². The summed E-state index contributed by atoms with van der Waals surface area (Å²) in [6, 6.07) is 7.66. The summed E-state index contributed by atoms with van der Waals surface area (Å²) in [5.41, 5.74) is 2.98. The van der Waals surface area contributed by atoms with E-state index in [9.17, 15) is 0 Å². The van der Waals surface area contributed by atoms with Gasteiger partial charge in [0.25, 0.3) is 0 Å². The number of nitrogens with zero attached hydrogens (tertiary/aromatic N) is 3. The molecule has 0 aliphatic rings. The van der Waals surface area contributed by atoms with E-state index in [-0.39, 0.29) is 0 Å². The van der Waals surface area contributed by atoms with Crippen molar-refractivity contribution in [2.75, 3.05) is 0 Å². The van der Waals surface area contributed by atoms with E-state index in [1.54, 1.807) is 0 Å². The van der Waals surface area contributed by atoms with E-state index in [0.717, 1.165) is 23.5 Å². The summed E-state index contributed by atoms with van der Waals surface area (Å²) in [5, 5.41) is 2.36. The Hall–Kier alpha value is -1.90. The van der Waals surface area contributed by atoms with E-state index in [1.807, 2.05) is 36.7 Å². The second kappa shape index (κ2) is 8.40. The second-order valence-corrected chi connectivity index (χ2v) is 5.16. The molecule has 108 valence electrons. The summed E-state index contributed by atoms with van der Waals surface area (Å²) in [6.07, 6.45) is 9.96. The predicted molar refractivity (Wildman–Crippen MR) is 90.0 cm³/mol. The molecule has 0 aliphatic carbocycles. The Labute approximate surface area is 131 Å². The van der Waals surface area contributed by atoms with Gasteiger partial charge < -0.3 is 0 Å². The molecule has 21 heavy (non-hydrogen) atoms. The second-order valence-electron chi connectivity index (χ2n) is 4.98. The molecule has 0 spiro atoms. The van der Waals surface area contributed by atoms with E-state index in [0.29, 0.717) is 0 Å². The van der Waals surface area contributed by atoms with Crippen LogP contribution in [0.4, 0.5) is 5.69 Å². The molecule has 0 saturated carbocycles. The van der Waals surface area contributed by atoms with Crippen LogP contribution < -0.4 is 0 Å². The number of benzene rings is 1. The molecule has 1 aromatic heterocycles. The fraction of sp³-hybridized carbons (Fsp3) is 0.353. The third kappa shape index (κ3) is 4.85. The molecule has 0 atom stereocenters. The highest BCUT2D eigenvalue weighted by Crippen LogP contribution is 2.19. The van der Waals surface area contributed by atoms with Crippen LogP contribution in [0.5, 0.6) is 0 Å². The third-order valence-corrected chi connectivity index (χ3v) is 3.42. The van der Waals surface area contributed by atoms with Gasteiger partial charge in [-0.1, -0.05) is 26.2 Å². The maximum Gasteiger partial charge on any atom is 0.159 e. The molecule has 0 bridgehead atoms. The Kier molecular flexibility index (Phi) is 6.20. The maximum absolute atomic E-state index is 4.58. The van der Waals surface area contributed by atoms with Crippen molar-refractivity contribution >= 4 is 23.1 Å². The molecule has 1 aromatic carbocycles. The molecule has 0 N–H and O–H groups in total. The molecule has 1 heterocycles. The summed E-state index contributed by atoms with van der Waals surface area (Å²) in [4.78, 5) is 12.8. The van der Waals surface area contributed by atoms with Crippen molar-refractivity contribution < 1.29 is 0 Å². The minimum absolute atomic E-state index is 0.741. The van der Waals surface area contributed by atoms with Gasteiger partial charge in [0, 0.05) is 18.0 Å². The molecule has 4 heteroatoms. The SMILES string of the molecule is CCCCCCc1cnc(-c2ccc(N=C=S)cc2)nc1. The molecular weight excluding hydrogens is 278 g/mol. The van der Waals surface area contributed by atoms with E-state index >= 15 is 0 Å². The monoisotopic (exact) mass is 297 g/mol. The summed E-state index contributed by atoms with van der Waals surface area (Å²) in [7, 11) is 0. The van der Waals surface area contributed by atoms with E-state index in [1.165, 1.54) is 31.2 Å². The average molecular weight is 297 g/mol. The highest BCUT2D eigenvalue weighted by molar-refractivity contribution is 7.78. The molecule has 0 unspecified atom stereocenters. The molecule has 3 nitrogen and oxygen atoms in total. The molecule has 2 rings (SSSR count). The fourth-order valence-corrected chi connectivity index (χ4v) is 2.23. The van der Waals surface area contributed by atoms with Gasteiger partial charge in [-0.05, 0) is 54.9 Å². The molecule has 0 fully saturated rings. The van der Waals surface area contributed by atoms with Gasteiger partial charge in [-0.25, -0.2) is 9.97 Å². The first-order chi connectivity index (χ1) is 10.3. The Balaban J connectivity index is 1.99. The van der Waals surface area contributed by atoms with Crippen LogP contribution in [-0.2, 0) is 6.42 Å². The first-order valence-electron chi connectivity index (χ1n) is 7.32. The molecule has 0 radical (unpaired) electrons. The average Bonchev–Trinajstić information content (AvgIpc) is 2.53. The highest BCUT2D eigenvalue weighted by atomic mass is 32.1. The number of thiocarbonyl (C=S) groups is 1. The van der Waals surface area contributed by atoms with E-state index in [2.05, 4.69) is 39.3 Å². The van der Waals surface area contributed by atoms with Gasteiger partial charge in [-0.2, -0.15) is 4.99 Å². The number of hydrogen-bond donors (Lipinski definition) is 0. The van der Waals surface area contributed by atoms with Gasteiger partial charge in [0.05, 0.1) is 10.8 Å². The Morgan fingerprint density at radius 2 is 1.76 bits per heavy atom. The van der Waals surface area contributed by atoms with Crippen molar-refractivity contribution in [3.05, 3.63) is 42.2 Å². The lowest BCUT2D eigenvalue weighted by Crippen LogP contribution is -1.93. The molecule has 0 amide bonds. The summed E-state index contributed by atoms with van der Waals surface area (Å²) < 4.78 is 0. The summed E-state index contributed by atoms with van der Waals surface area (Å²) in [6.45, 7) is 2.22. The van der Waals surface area contributed by atoms with Crippen molar-refractivity contribution in [3.8, 4) is 11.4 Å². The standard InChI is InChI=1S/C17H19N3S/c1-2-3-4-5-6-14-11-18-17(19-12-14)15-7-9-16(10-8-15)20-13-21/h7-12H,2-6H2,1H3. The molecular formula is C17H19N3S. The Bertz CT molecular complexity index is 599. The van der Waals surface area contributed by atoms with Crippen LogP contribution in [-0.4, -0.2) is 15.1 Å². The Morgan fingerprint density at radius 3 is 2.38 bits per heavy atom. The van der Waals surface area contributed by atoms with Gasteiger partial charge in [0.15, 0.2) is 5.82 Å². The zero-order valence-corrected chi connectivity index (χ0v) is 13.1. The van der Waals surface area contributed by atoms with Crippen LogP contribution in [0.25, 0.3) is 11.4 Å². The van der Waals surface area contributed by atoms with Crippen LogP contribution in [0, 0.1) is 0 Å². The van der Waals surface area contributed by atoms with Crippen LogP contribution in [0.3, 0.4) is 0 Å². The first kappa shape index (κ1) is 15.5. The van der Waals surface area contributed by atoms with E-state index < -0.39 is 0 Å². The van der Waals surface area contributed by atoms with Crippen molar-refractivity contribution in [1.29, 1.82) is 0 Å². The number of aliphatic imine (C=N–C) groups is 1. The lowest BCUT2D eigenvalue weighted by molar-refractivity contribution is 0.665. The van der Waals surface area contributed by atoms with Crippen molar-refractivity contribution in [3.63, 3.8) is 0 Å². The molecule has 2 aromatic rings. The number of isothiocyanates is 1. The van der Waals surface area contributed by atoms with Crippen molar-refractivity contribution in [2.24, 2.45) is 4.99 Å². The van der Waals surface area contributed by atoms with Crippen LogP contribution in [0.15, 0.2) is 41.7 Å². The number of rotatable bonds is 7. The third-order valence-electron chi connectivity index (χ3n) is 3.32. The normalized spacial score (nSPS) is 10.1. The number of aromatic nitrogens is 2.